The quantitative estimate of drug-likeness (QED) is 0.698. The molecule has 1 aliphatic rings. The molecule has 1 aromatic heterocycles. The summed E-state index contributed by atoms with van der Waals surface area (Å²) in [6.45, 7) is 6.53. The summed E-state index contributed by atoms with van der Waals surface area (Å²) in [5, 5.41) is 10.1. The van der Waals surface area contributed by atoms with Crippen LogP contribution in [0.5, 0.6) is 0 Å². The van der Waals surface area contributed by atoms with Crippen molar-refractivity contribution in [3.8, 4) is 0 Å². The smallest absolute Gasteiger partial charge is 0.250 e. The van der Waals surface area contributed by atoms with E-state index >= 15 is 0 Å². The average molecular weight is 373 g/mol. The third-order valence-electron chi connectivity index (χ3n) is 4.51. The Morgan fingerprint density at radius 2 is 2.08 bits per heavy atom. The molecule has 2 aromatic rings. The second kappa shape index (κ2) is 7.53. The lowest BCUT2D eigenvalue weighted by molar-refractivity contribution is -0.135. The Bertz CT molecular complexity index is 852. The third kappa shape index (κ3) is 3.23. The molecule has 0 spiro atoms. The van der Waals surface area contributed by atoms with Gasteiger partial charge in [-0.3, -0.25) is 4.79 Å². The number of fused-ring (bicyclic) bond motifs is 1. The van der Waals surface area contributed by atoms with Crippen molar-refractivity contribution in [3.05, 3.63) is 52.4 Å². The number of hydrogen-bond acceptors (Lipinski definition) is 6. The van der Waals surface area contributed by atoms with Crippen LogP contribution < -0.4 is 10.9 Å². The molecule has 0 fully saturated rings. The zero-order chi connectivity index (χ0) is 18.8. The molecule has 2 atom stereocenters. The highest BCUT2D eigenvalue weighted by Gasteiger charge is 2.31. The van der Waals surface area contributed by atoms with Crippen molar-refractivity contribution in [2.75, 3.05) is 12.0 Å². The van der Waals surface area contributed by atoms with Crippen LogP contribution >= 0.6 is 12.2 Å². The van der Waals surface area contributed by atoms with Crippen molar-refractivity contribution in [1.29, 1.82) is 0 Å². The van der Waals surface area contributed by atoms with Crippen LogP contribution in [-0.4, -0.2) is 38.1 Å². The van der Waals surface area contributed by atoms with E-state index in [4.69, 9.17) is 12.2 Å². The van der Waals surface area contributed by atoms with E-state index in [1.54, 1.807) is 15.8 Å². The predicted octanol–water partition coefficient (Wildman–Crippen LogP) is 2.38. The first-order valence-corrected chi connectivity index (χ1v) is 9.02. The number of nitrogens with one attached hydrogen (secondary N) is 2. The van der Waals surface area contributed by atoms with Gasteiger partial charge in [-0.1, -0.05) is 42.5 Å². The van der Waals surface area contributed by atoms with E-state index in [2.05, 4.69) is 15.8 Å². The third-order valence-corrected chi connectivity index (χ3v) is 4.94. The minimum absolute atomic E-state index is 0.0556. The van der Waals surface area contributed by atoms with Crippen molar-refractivity contribution in [2.45, 2.75) is 39.1 Å². The molecule has 0 saturated heterocycles. The molecule has 0 radical (unpaired) electrons. The Morgan fingerprint density at radius 3 is 2.69 bits per heavy atom. The van der Waals surface area contributed by atoms with Gasteiger partial charge in [0, 0.05) is 12.6 Å². The second-order valence-corrected chi connectivity index (χ2v) is 6.81. The number of anilines is 1. The largest absolute Gasteiger partial charge is 0.372 e. The molecule has 1 aliphatic heterocycles. The monoisotopic (exact) mass is 373 g/mol. The number of hydrogen-bond donors (Lipinski definition) is 3. The number of aromatic nitrogens is 2. The first-order valence-electron chi connectivity index (χ1n) is 8.61. The van der Waals surface area contributed by atoms with E-state index in [9.17, 15) is 9.90 Å². The number of nitrogens with zero attached hydrogens (tertiary/aromatic N) is 3. The molecule has 26 heavy (non-hydrogen) atoms. The summed E-state index contributed by atoms with van der Waals surface area (Å²) >= 11 is 5.59. The summed E-state index contributed by atoms with van der Waals surface area (Å²) in [5.41, 5.74) is 6.77. The number of benzene rings is 1. The van der Waals surface area contributed by atoms with Gasteiger partial charge < -0.3 is 20.0 Å². The fourth-order valence-corrected chi connectivity index (χ4v) is 3.57. The van der Waals surface area contributed by atoms with Crippen LogP contribution in [-0.2, 0) is 4.79 Å². The van der Waals surface area contributed by atoms with Gasteiger partial charge in [-0.2, -0.15) is 0 Å². The topological polar surface area (TPSA) is 82.4 Å². The molecule has 3 N–H and O–H groups in total. The zero-order valence-electron chi connectivity index (χ0n) is 15.0. The van der Waals surface area contributed by atoms with Crippen molar-refractivity contribution in [1.82, 2.24) is 19.9 Å². The number of aliphatic hydroxyl groups is 1. The molecule has 8 heteroatoms. The Labute approximate surface area is 157 Å². The Morgan fingerprint density at radius 1 is 1.38 bits per heavy atom. The fraction of sp³-hybridized carbons (Fsp3) is 0.389. The van der Waals surface area contributed by atoms with Gasteiger partial charge in [0.05, 0.1) is 11.9 Å². The number of carbonyl (C=O) groups excluding carboxylic acids is 1. The van der Waals surface area contributed by atoms with Gasteiger partial charge in [0.1, 0.15) is 10.7 Å². The van der Waals surface area contributed by atoms with Crippen molar-refractivity contribution in [2.24, 2.45) is 0 Å². The van der Waals surface area contributed by atoms with Crippen molar-refractivity contribution >= 4 is 23.9 Å². The van der Waals surface area contributed by atoms with E-state index in [0.29, 0.717) is 22.6 Å². The average Bonchev–Trinajstić information content (AvgIpc) is 3.00. The highest BCUT2D eigenvalue weighted by molar-refractivity contribution is 7.71. The first-order chi connectivity index (χ1) is 12.5. The maximum absolute atomic E-state index is 13.4. The van der Waals surface area contributed by atoms with E-state index in [-0.39, 0.29) is 11.9 Å². The standard InChI is InChI=1S/C18H23N5O2S/c1-4-22(11(2)3)17(25)14(12-8-6-5-7-9-12)23-10-19-15-13(18(23)26)16(24)21-20-15/h5-11,14,16,20-21,24H,4H2,1-3H3. The van der Waals surface area contributed by atoms with Crippen LogP contribution in [0.15, 0.2) is 36.7 Å². The van der Waals surface area contributed by atoms with Gasteiger partial charge in [0.15, 0.2) is 12.0 Å². The number of hydrazine groups is 1. The van der Waals surface area contributed by atoms with Crippen molar-refractivity contribution < 1.29 is 9.90 Å². The molecule has 1 aromatic carbocycles. The van der Waals surface area contributed by atoms with Crippen LogP contribution in [0.1, 0.15) is 44.2 Å². The Hall–Kier alpha value is -2.29. The highest BCUT2D eigenvalue weighted by Crippen LogP contribution is 2.29. The summed E-state index contributed by atoms with van der Waals surface area (Å²) in [5.74, 6) is 0.425. The fourth-order valence-electron chi connectivity index (χ4n) is 3.21. The summed E-state index contributed by atoms with van der Waals surface area (Å²) in [6, 6.07) is 8.91. The van der Waals surface area contributed by atoms with Crippen LogP contribution in [0.2, 0.25) is 0 Å². The molecule has 0 saturated carbocycles. The van der Waals surface area contributed by atoms with Crippen LogP contribution in [0.3, 0.4) is 0 Å². The molecule has 2 unspecified atom stereocenters. The number of rotatable bonds is 5. The molecular weight excluding hydrogens is 350 g/mol. The molecule has 3 rings (SSSR count). The molecule has 2 heterocycles. The Kier molecular flexibility index (Phi) is 5.36. The summed E-state index contributed by atoms with van der Waals surface area (Å²) in [4.78, 5) is 19.5. The normalized spacial score (nSPS) is 16.9. The molecule has 7 nitrogen and oxygen atoms in total. The minimum atomic E-state index is -0.962. The van der Waals surface area contributed by atoms with E-state index in [0.717, 1.165) is 5.56 Å². The van der Waals surface area contributed by atoms with Gasteiger partial charge in [0.25, 0.3) is 5.91 Å². The molecule has 0 aliphatic carbocycles. The SMILES string of the molecule is CCN(C(=O)C(c1ccccc1)n1cnc2c(c1=S)C(O)NN2)C(C)C. The minimum Gasteiger partial charge on any atom is -0.372 e. The van der Waals surface area contributed by atoms with Crippen LogP contribution in [0.4, 0.5) is 5.82 Å². The van der Waals surface area contributed by atoms with Gasteiger partial charge in [-0.15, -0.1) is 0 Å². The second-order valence-electron chi connectivity index (χ2n) is 6.42. The summed E-state index contributed by atoms with van der Waals surface area (Å²) in [7, 11) is 0. The van der Waals surface area contributed by atoms with Gasteiger partial charge in [-0.25, -0.2) is 10.4 Å². The van der Waals surface area contributed by atoms with Crippen LogP contribution in [0.25, 0.3) is 0 Å². The lowest BCUT2D eigenvalue weighted by Crippen LogP contribution is -2.42. The molecule has 0 bridgehead atoms. The molecule has 138 valence electrons. The number of likely N-dealkylation sites (N-methyl/N-ethyl adjacent to an activating group) is 1. The lowest BCUT2D eigenvalue weighted by Gasteiger charge is -2.31. The van der Waals surface area contributed by atoms with E-state index in [1.165, 1.54) is 0 Å². The first kappa shape index (κ1) is 18.5. The van der Waals surface area contributed by atoms with Crippen molar-refractivity contribution in [3.63, 3.8) is 0 Å². The molecule has 1 amide bonds. The van der Waals surface area contributed by atoms with Crippen LogP contribution in [0, 0.1) is 4.64 Å². The van der Waals surface area contributed by atoms with E-state index < -0.39 is 12.3 Å². The maximum atomic E-state index is 13.4. The van der Waals surface area contributed by atoms with Gasteiger partial charge in [0.2, 0.25) is 0 Å². The zero-order valence-corrected chi connectivity index (χ0v) is 15.8. The van der Waals surface area contributed by atoms with E-state index in [1.807, 2.05) is 51.1 Å². The predicted molar refractivity (Wildman–Crippen MR) is 102 cm³/mol. The number of aliphatic hydroxyl groups excluding tert-OH is 1. The number of carbonyl (C=O) groups is 1. The van der Waals surface area contributed by atoms with Gasteiger partial charge >= 0.3 is 0 Å². The lowest BCUT2D eigenvalue weighted by atomic mass is 10.0. The summed E-state index contributed by atoms with van der Waals surface area (Å²) < 4.78 is 2.04. The van der Waals surface area contributed by atoms with Gasteiger partial charge in [-0.05, 0) is 26.3 Å². The molecular formula is C18H23N5O2S. The number of amides is 1. The highest BCUT2D eigenvalue weighted by atomic mass is 32.1. The maximum Gasteiger partial charge on any atom is 0.250 e. The Balaban J connectivity index is 2.16. The summed E-state index contributed by atoms with van der Waals surface area (Å²) in [6.07, 6.45) is 0.591.